The van der Waals surface area contributed by atoms with Gasteiger partial charge in [-0.15, -0.1) is 11.8 Å². The van der Waals surface area contributed by atoms with E-state index in [4.69, 9.17) is 16.3 Å². The summed E-state index contributed by atoms with van der Waals surface area (Å²) in [7, 11) is 1.23. The van der Waals surface area contributed by atoms with Crippen LogP contribution in [0, 0.1) is 6.92 Å². The summed E-state index contributed by atoms with van der Waals surface area (Å²) in [6.07, 6.45) is 1.78. The van der Waals surface area contributed by atoms with Gasteiger partial charge in [-0.1, -0.05) is 16.5 Å². The summed E-state index contributed by atoms with van der Waals surface area (Å²) in [4.78, 5) is 60.3. The van der Waals surface area contributed by atoms with Crippen LogP contribution in [0.4, 0.5) is 5.13 Å². The fourth-order valence-electron chi connectivity index (χ4n) is 4.26. The van der Waals surface area contributed by atoms with E-state index in [0.29, 0.717) is 17.1 Å². The molecule has 2 atom stereocenters. The van der Waals surface area contributed by atoms with Crippen molar-refractivity contribution in [3.05, 3.63) is 40.2 Å². The summed E-state index contributed by atoms with van der Waals surface area (Å²) in [5.74, 6) is -2.64. The van der Waals surface area contributed by atoms with Gasteiger partial charge in [0, 0.05) is 35.2 Å². The van der Waals surface area contributed by atoms with Gasteiger partial charge in [0.1, 0.15) is 31.3 Å². The van der Waals surface area contributed by atoms with Crippen molar-refractivity contribution in [2.45, 2.75) is 24.9 Å². The number of nitrogen functional groups attached to an aromatic ring is 1. The number of oxime groups is 1. The number of aromatic nitrogens is 4. The number of carboxylic acid groups (broad SMARTS) is 1. The number of hydrogen-bond donors (Lipinski definition) is 3. The number of carbonyl (C=O) groups is 4. The fraction of sp³-hybridized carbons (Fsp3) is 0.300. The van der Waals surface area contributed by atoms with Crippen LogP contribution in [0.3, 0.4) is 0 Å². The molecule has 5 N–H and O–H groups in total. The van der Waals surface area contributed by atoms with Gasteiger partial charge in [-0.3, -0.25) is 19.3 Å². The lowest BCUT2D eigenvalue weighted by Gasteiger charge is -2.50. The molecule has 0 spiro atoms. The lowest BCUT2D eigenvalue weighted by molar-refractivity contribution is -0.693. The first-order chi connectivity index (χ1) is 18.1. The van der Waals surface area contributed by atoms with E-state index in [1.54, 1.807) is 27.5 Å². The quantitative estimate of drug-likeness (QED) is 0.111. The SMILES string of the molecule is CO/N=C(\C(=O)N[C@@H]1C(=O)N2C(C(=O)[O-])=C(C[n+]3cc4scc(C(N)=O)n4c3C)CS[C@H]12)c1nsc(N)n1. The highest BCUT2D eigenvalue weighted by Crippen LogP contribution is 2.40. The molecular weight excluding hydrogens is 558 g/mol. The molecule has 5 heterocycles. The first kappa shape index (κ1) is 25.6. The van der Waals surface area contributed by atoms with Crippen LogP contribution >= 0.6 is 34.6 Å². The normalized spacial score (nSPS) is 19.4. The van der Waals surface area contributed by atoms with E-state index in [1.807, 2.05) is 0 Å². The van der Waals surface area contributed by atoms with Gasteiger partial charge in [0.25, 0.3) is 23.5 Å². The van der Waals surface area contributed by atoms with Crippen molar-refractivity contribution in [2.24, 2.45) is 10.9 Å². The minimum atomic E-state index is -1.51. The van der Waals surface area contributed by atoms with E-state index < -0.39 is 35.1 Å². The Hall–Kier alpha value is -4.03. The Morgan fingerprint density at radius 2 is 2.16 bits per heavy atom. The number of rotatable bonds is 8. The second kappa shape index (κ2) is 9.69. The number of β-lactam (4-membered cyclic amide) rings is 1. The maximum atomic E-state index is 13.0. The molecular formula is C20H19N9O6S3. The van der Waals surface area contributed by atoms with Crippen molar-refractivity contribution in [3.63, 3.8) is 0 Å². The van der Waals surface area contributed by atoms with E-state index >= 15 is 0 Å². The number of nitrogens with zero attached hydrogens (tertiary/aromatic N) is 6. The summed E-state index contributed by atoms with van der Waals surface area (Å²) in [6, 6.07) is -1.02. The van der Waals surface area contributed by atoms with Crippen LogP contribution in [0.2, 0.25) is 0 Å². The summed E-state index contributed by atoms with van der Waals surface area (Å²) in [5.41, 5.74) is 11.3. The number of nitrogens with one attached hydrogen (secondary N) is 1. The molecule has 0 aromatic carbocycles. The predicted molar refractivity (Wildman–Crippen MR) is 134 cm³/mol. The van der Waals surface area contributed by atoms with Gasteiger partial charge in [0.2, 0.25) is 22.1 Å². The average molecular weight is 578 g/mol. The molecule has 198 valence electrons. The number of fused-ring (bicyclic) bond motifs is 2. The lowest BCUT2D eigenvalue weighted by Crippen LogP contribution is -2.71. The van der Waals surface area contributed by atoms with Crippen molar-refractivity contribution in [2.75, 3.05) is 18.6 Å². The smallest absolute Gasteiger partial charge is 0.289 e. The fourth-order valence-corrected chi connectivity index (χ4v) is 7.01. The highest BCUT2D eigenvalue weighted by Gasteiger charge is 2.53. The molecule has 38 heavy (non-hydrogen) atoms. The molecule has 18 heteroatoms. The van der Waals surface area contributed by atoms with E-state index in [0.717, 1.165) is 21.3 Å². The van der Waals surface area contributed by atoms with Crippen molar-refractivity contribution in [3.8, 4) is 0 Å². The summed E-state index contributed by atoms with van der Waals surface area (Å²) >= 11 is 3.48. The first-order valence-electron chi connectivity index (χ1n) is 10.8. The van der Waals surface area contributed by atoms with Gasteiger partial charge >= 0.3 is 0 Å². The van der Waals surface area contributed by atoms with Gasteiger partial charge in [-0.2, -0.15) is 13.8 Å². The zero-order valence-electron chi connectivity index (χ0n) is 19.7. The minimum absolute atomic E-state index is 0.0660. The summed E-state index contributed by atoms with van der Waals surface area (Å²) < 4.78 is 7.41. The maximum Gasteiger partial charge on any atom is 0.289 e. The van der Waals surface area contributed by atoms with Crippen molar-refractivity contribution >= 4 is 74.0 Å². The van der Waals surface area contributed by atoms with Crippen molar-refractivity contribution < 1.29 is 33.7 Å². The topological polar surface area (TPSA) is 214 Å². The van der Waals surface area contributed by atoms with Crippen LogP contribution in [0.1, 0.15) is 22.1 Å². The van der Waals surface area contributed by atoms with E-state index in [9.17, 15) is 24.3 Å². The minimum Gasteiger partial charge on any atom is -0.543 e. The van der Waals surface area contributed by atoms with Crippen LogP contribution in [-0.2, 0) is 25.8 Å². The molecule has 2 aliphatic heterocycles. The van der Waals surface area contributed by atoms with Crippen LogP contribution in [-0.4, -0.2) is 72.3 Å². The van der Waals surface area contributed by atoms with Gasteiger partial charge < -0.3 is 31.5 Å². The largest absolute Gasteiger partial charge is 0.543 e. The van der Waals surface area contributed by atoms with Gasteiger partial charge in [0.15, 0.2) is 5.13 Å². The number of carboxylic acids is 1. The third kappa shape index (κ3) is 4.15. The second-order valence-electron chi connectivity index (χ2n) is 8.14. The zero-order chi connectivity index (χ0) is 27.3. The van der Waals surface area contributed by atoms with Crippen molar-refractivity contribution in [1.29, 1.82) is 0 Å². The van der Waals surface area contributed by atoms with Gasteiger partial charge in [0.05, 0.1) is 11.7 Å². The monoisotopic (exact) mass is 577 g/mol. The number of aryl methyl sites for hydroxylation is 1. The highest BCUT2D eigenvalue weighted by atomic mass is 32.2. The van der Waals surface area contributed by atoms with E-state index in [1.165, 1.54) is 30.2 Å². The molecule has 1 fully saturated rings. The Morgan fingerprint density at radius 3 is 2.79 bits per heavy atom. The molecule has 0 aliphatic carbocycles. The molecule has 3 aromatic heterocycles. The zero-order valence-corrected chi connectivity index (χ0v) is 22.2. The molecule has 1 saturated heterocycles. The number of thioether (sulfide) groups is 1. The third-order valence-corrected chi connectivity index (χ3v) is 8.70. The number of amides is 3. The lowest BCUT2D eigenvalue weighted by atomic mass is 10.0. The first-order valence-corrected chi connectivity index (χ1v) is 13.5. The summed E-state index contributed by atoms with van der Waals surface area (Å²) in [5, 5.41) is 19.4. The average Bonchev–Trinajstić information content (AvgIpc) is 3.57. The number of imidazole rings is 1. The standard InChI is InChI=1S/C20H19N9O6S3/c1-7-27(4-10-28(7)9(6-36-10)14(21)30)3-8-5-37-18-12(17(32)29(18)13(8)19(33)34)23-16(31)11(25-35-2)15-24-20(22)38-26-15/h4,6,12,18H,3,5H2,1-2H3,(H5-,21,22,23,24,26,30,31,33,34)/b25-11-/t12-,18-/m1/s1. The molecule has 0 radical (unpaired) electrons. The van der Waals surface area contributed by atoms with Crippen LogP contribution in [0.25, 0.3) is 4.83 Å². The number of primary amides is 1. The second-order valence-corrected chi connectivity index (χ2v) is 10.9. The Morgan fingerprint density at radius 1 is 1.39 bits per heavy atom. The third-order valence-electron chi connectivity index (χ3n) is 5.95. The number of aliphatic carboxylic acids is 1. The van der Waals surface area contributed by atoms with E-state index in [-0.39, 0.29) is 34.7 Å². The van der Waals surface area contributed by atoms with Crippen LogP contribution < -0.4 is 26.5 Å². The molecule has 3 aromatic rings. The Bertz CT molecular complexity index is 1570. The molecule has 0 unspecified atom stereocenters. The van der Waals surface area contributed by atoms with Gasteiger partial charge in [-0.25, -0.2) is 4.57 Å². The van der Waals surface area contributed by atoms with E-state index in [2.05, 4.69) is 19.8 Å². The molecule has 0 saturated carbocycles. The molecule has 2 aliphatic rings. The maximum absolute atomic E-state index is 13.0. The highest BCUT2D eigenvalue weighted by molar-refractivity contribution is 8.00. The Labute approximate surface area is 225 Å². The molecule has 15 nitrogen and oxygen atoms in total. The molecule has 5 rings (SSSR count). The number of nitrogens with two attached hydrogens (primary N) is 2. The number of thiazole rings is 1. The Kier molecular flexibility index (Phi) is 6.53. The van der Waals surface area contributed by atoms with Crippen molar-refractivity contribution in [1.82, 2.24) is 24.0 Å². The number of carbonyl (C=O) groups excluding carboxylic acids is 4. The predicted octanol–water partition coefficient (Wildman–Crippen LogP) is -2.42. The summed E-state index contributed by atoms with van der Waals surface area (Å²) in [6.45, 7) is 1.92. The number of hydrogen-bond acceptors (Lipinski definition) is 13. The molecule has 3 amide bonds. The molecule has 0 bridgehead atoms. The van der Waals surface area contributed by atoms with Gasteiger partial charge in [-0.05, 0) is 0 Å². The number of anilines is 1. The van der Waals surface area contributed by atoms with Crippen LogP contribution in [0.5, 0.6) is 0 Å². The Balaban J connectivity index is 1.38. The van der Waals surface area contributed by atoms with Crippen LogP contribution in [0.15, 0.2) is 28.0 Å².